The van der Waals surface area contributed by atoms with Crippen molar-refractivity contribution in [2.75, 3.05) is 31.6 Å². The summed E-state index contributed by atoms with van der Waals surface area (Å²) in [6, 6.07) is 0. The van der Waals surface area contributed by atoms with Crippen LogP contribution < -0.4 is 0 Å². The molecule has 0 aromatic heterocycles. The third kappa shape index (κ3) is 6.83. The van der Waals surface area contributed by atoms with Gasteiger partial charge in [-0.2, -0.15) is 50.5 Å². The van der Waals surface area contributed by atoms with Gasteiger partial charge >= 0.3 is 0 Å². The van der Waals surface area contributed by atoms with Crippen LogP contribution in [0.4, 0.5) is 0 Å². The molecule has 74 valence electrons. The Bertz CT molecular complexity index is 99.6. The molecule has 0 bridgehead atoms. The molecule has 0 saturated heterocycles. The summed E-state index contributed by atoms with van der Waals surface area (Å²) in [4.78, 5) is 2.21. The molecule has 0 amide bonds. The van der Waals surface area contributed by atoms with Crippen LogP contribution in [0.1, 0.15) is 0 Å². The van der Waals surface area contributed by atoms with E-state index >= 15 is 0 Å². The Morgan fingerprint density at radius 1 is 1.00 bits per heavy atom. The van der Waals surface area contributed by atoms with Gasteiger partial charge in [0.05, 0.1) is 0 Å². The van der Waals surface area contributed by atoms with Crippen molar-refractivity contribution in [2.24, 2.45) is 0 Å². The first-order valence-corrected chi connectivity index (χ1v) is 6.16. The second-order valence-corrected chi connectivity index (χ2v) is 5.08. The number of hydrogen-bond acceptors (Lipinski definition) is 5. The zero-order valence-corrected chi connectivity index (χ0v) is 10.8. The van der Waals surface area contributed by atoms with Crippen LogP contribution in [-0.2, 0) is 0 Å². The lowest BCUT2D eigenvalue weighted by Gasteiger charge is -2.21. The van der Waals surface area contributed by atoms with Gasteiger partial charge in [-0.1, -0.05) is 0 Å². The Morgan fingerprint density at radius 2 is 1.33 bits per heavy atom. The molecule has 12 heavy (non-hydrogen) atoms. The third-order valence-electron chi connectivity index (χ3n) is 1.47. The Kier molecular flexibility index (Phi) is 8.61. The van der Waals surface area contributed by atoms with Crippen molar-refractivity contribution in [3.05, 3.63) is 0 Å². The predicted octanol–water partition coefficient (Wildman–Crippen LogP) is 1.37. The van der Waals surface area contributed by atoms with Crippen LogP contribution in [0.3, 0.4) is 0 Å². The van der Waals surface area contributed by atoms with E-state index < -0.39 is 0 Å². The van der Waals surface area contributed by atoms with Crippen molar-refractivity contribution in [1.82, 2.24) is 4.90 Å². The lowest BCUT2D eigenvalue weighted by molar-refractivity contribution is 0.346. The maximum Gasteiger partial charge on any atom is 0.0232 e. The maximum atomic E-state index is 4.36. The fourth-order valence-electron chi connectivity index (χ4n) is 0.910. The molecule has 0 rings (SSSR count). The molecule has 0 aromatic rings. The van der Waals surface area contributed by atoms with Crippen molar-refractivity contribution in [3.63, 3.8) is 0 Å². The molecule has 0 aliphatic rings. The van der Waals surface area contributed by atoms with Gasteiger partial charge in [-0.05, 0) is 7.05 Å². The molecule has 0 aliphatic carbocycles. The van der Waals surface area contributed by atoms with E-state index in [0.717, 1.165) is 24.6 Å². The molecule has 2 atom stereocenters. The van der Waals surface area contributed by atoms with Gasteiger partial charge in [0.25, 0.3) is 0 Å². The summed E-state index contributed by atoms with van der Waals surface area (Å²) < 4.78 is 0. The first-order valence-electron chi connectivity index (χ1n) is 3.86. The standard InChI is InChI=1S/C7H17NS4/c1-8(2-6(11)4-9)3-7(12)5-10/h6-7,9-12H,2-5H2,1H3. The quantitative estimate of drug-likeness (QED) is 0.513. The minimum Gasteiger partial charge on any atom is -0.304 e. The fourth-order valence-corrected chi connectivity index (χ4v) is 1.70. The van der Waals surface area contributed by atoms with E-state index in [0.29, 0.717) is 10.5 Å². The predicted molar refractivity (Wildman–Crippen MR) is 70.8 cm³/mol. The second-order valence-electron chi connectivity index (χ2n) is 2.89. The summed E-state index contributed by atoms with van der Waals surface area (Å²) in [5, 5.41) is 0.692. The minimum absolute atomic E-state index is 0.346. The molecule has 0 N–H and O–H groups in total. The second kappa shape index (κ2) is 7.74. The minimum atomic E-state index is 0.346. The molecule has 0 aliphatic heterocycles. The van der Waals surface area contributed by atoms with Crippen molar-refractivity contribution < 1.29 is 0 Å². The summed E-state index contributed by atoms with van der Waals surface area (Å²) in [7, 11) is 2.07. The number of nitrogens with zero attached hydrogens (tertiary/aromatic N) is 1. The SMILES string of the molecule is CN(CC(S)CS)CC(S)CS. The smallest absolute Gasteiger partial charge is 0.0232 e. The van der Waals surface area contributed by atoms with Crippen LogP contribution >= 0.6 is 50.5 Å². The zero-order chi connectivity index (χ0) is 9.56. The van der Waals surface area contributed by atoms with Crippen molar-refractivity contribution in [2.45, 2.75) is 10.5 Å². The lowest BCUT2D eigenvalue weighted by atomic mass is 10.4. The molecular formula is C7H17NS4. The summed E-state index contributed by atoms with van der Waals surface area (Å²) in [6.07, 6.45) is 0. The maximum absolute atomic E-state index is 4.36. The van der Waals surface area contributed by atoms with E-state index in [1.54, 1.807) is 0 Å². The van der Waals surface area contributed by atoms with Gasteiger partial charge in [-0.3, -0.25) is 0 Å². The zero-order valence-electron chi connectivity index (χ0n) is 7.22. The monoisotopic (exact) mass is 243 g/mol. The van der Waals surface area contributed by atoms with E-state index in [-0.39, 0.29) is 0 Å². The highest BCUT2D eigenvalue weighted by Gasteiger charge is 2.08. The molecule has 2 unspecified atom stereocenters. The highest BCUT2D eigenvalue weighted by Crippen LogP contribution is 2.04. The molecule has 0 saturated carbocycles. The van der Waals surface area contributed by atoms with Gasteiger partial charge in [0.15, 0.2) is 0 Å². The summed E-state index contributed by atoms with van der Waals surface area (Å²) in [6.45, 7) is 1.91. The number of rotatable bonds is 6. The summed E-state index contributed by atoms with van der Waals surface area (Å²) >= 11 is 17.1. The summed E-state index contributed by atoms with van der Waals surface area (Å²) in [5.74, 6) is 1.62. The van der Waals surface area contributed by atoms with Gasteiger partial charge in [0, 0.05) is 35.1 Å². The van der Waals surface area contributed by atoms with Crippen LogP contribution in [0, 0.1) is 0 Å². The van der Waals surface area contributed by atoms with Crippen LogP contribution in [0.25, 0.3) is 0 Å². The molecular weight excluding hydrogens is 226 g/mol. The van der Waals surface area contributed by atoms with Gasteiger partial charge < -0.3 is 4.90 Å². The van der Waals surface area contributed by atoms with Gasteiger partial charge in [-0.25, -0.2) is 0 Å². The van der Waals surface area contributed by atoms with Gasteiger partial charge in [0.1, 0.15) is 0 Å². The molecule has 0 spiro atoms. The van der Waals surface area contributed by atoms with Crippen molar-refractivity contribution in [3.8, 4) is 0 Å². The van der Waals surface area contributed by atoms with Crippen LogP contribution in [-0.4, -0.2) is 47.0 Å². The van der Waals surface area contributed by atoms with E-state index in [9.17, 15) is 0 Å². The number of thiol groups is 4. The lowest BCUT2D eigenvalue weighted by Crippen LogP contribution is -2.32. The van der Waals surface area contributed by atoms with Crippen LogP contribution in [0.2, 0.25) is 0 Å². The Labute approximate surface area is 97.3 Å². The Balaban J connectivity index is 3.51. The summed E-state index contributed by atoms with van der Waals surface area (Å²) in [5.41, 5.74) is 0. The highest BCUT2D eigenvalue weighted by molar-refractivity contribution is 7.85. The van der Waals surface area contributed by atoms with E-state index in [4.69, 9.17) is 0 Å². The Hall–Kier alpha value is 1.36. The number of hydrogen-bond donors (Lipinski definition) is 4. The average molecular weight is 243 g/mol. The topological polar surface area (TPSA) is 3.24 Å². The van der Waals surface area contributed by atoms with Crippen molar-refractivity contribution >= 4 is 50.5 Å². The van der Waals surface area contributed by atoms with Crippen LogP contribution in [0.15, 0.2) is 0 Å². The molecule has 0 aromatic carbocycles. The van der Waals surface area contributed by atoms with Crippen LogP contribution in [0.5, 0.6) is 0 Å². The average Bonchev–Trinajstić information content (AvgIpc) is 2.03. The molecule has 0 radical (unpaired) electrons. The largest absolute Gasteiger partial charge is 0.304 e. The first kappa shape index (κ1) is 13.4. The molecule has 1 nitrogen and oxygen atoms in total. The van der Waals surface area contributed by atoms with Gasteiger partial charge in [-0.15, -0.1) is 0 Å². The molecule has 5 heteroatoms. The fraction of sp³-hybridized carbons (Fsp3) is 1.00. The first-order chi connectivity index (χ1) is 5.60. The van der Waals surface area contributed by atoms with Gasteiger partial charge in [0.2, 0.25) is 0 Å². The molecule has 0 heterocycles. The highest BCUT2D eigenvalue weighted by atomic mass is 32.1. The Morgan fingerprint density at radius 3 is 1.58 bits per heavy atom. The van der Waals surface area contributed by atoms with E-state index in [2.05, 4.69) is 62.5 Å². The van der Waals surface area contributed by atoms with E-state index in [1.807, 2.05) is 0 Å². The normalized spacial score (nSPS) is 16.5. The van der Waals surface area contributed by atoms with E-state index in [1.165, 1.54) is 0 Å². The molecule has 0 fully saturated rings. The third-order valence-corrected chi connectivity index (χ3v) is 3.62. The van der Waals surface area contributed by atoms with Crippen molar-refractivity contribution in [1.29, 1.82) is 0 Å².